The topological polar surface area (TPSA) is 76.7 Å². The van der Waals surface area contributed by atoms with E-state index in [0.717, 1.165) is 11.3 Å². The molecule has 2 rings (SSSR count). The van der Waals surface area contributed by atoms with E-state index < -0.39 is 11.8 Å². The van der Waals surface area contributed by atoms with Gasteiger partial charge < -0.3 is 9.47 Å². The van der Waals surface area contributed by atoms with Crippen molar-refractivity contribution in [3.63, 3.8) is 0 Å². The fraction of sp³-hybridized carbons (Fsp3) is 0.111. The van der Waals surface area contributed by atoms with E-state index in [4.69, 9.17) is 9.47 Å². The SMILES string of the molecule is COc1ccc(/C=C/C(=O)NNC(=O)COc2ccccc2)cc1. The zero-order chi connectivity index (χ0) is 17.2. The maximum absolute atomic E-state index is 11.6. The zero-order valence-corrected chi connectivity index (χ0v) is 13.2. The summed E-state index contributed by atoms with van der Waals surface area (Å²) >= 11 is 0. The number of ether oxygens (including phenoxy) is 2. The summed E-state index contributed by atoms with van der Waals surface area (Å²) in [6.45, 7) is -0.188. The van der Waals surface area contributed by atoms with Crippen molar-refractivity contribution in [3.8, 4) is 11.5 Å². The van der Waals surface area contributed by atoms with Gasteiger partial charge >= 0.3 is 0 Å². The van der Waals surface area contributed by atoms with Crippen molar-refractivity contribution in [2.75, 3.05) is 13.7 Å². The molecule has 2 aromatic carbocycles. The molecule has 0 saturated carbocycles. The minimum absolute atomic E-state index is 0.188. The third-order valence-electron chi connectivity index (χ3n) is 2.98. The molecule has 6 heteroatoms. The summed E-state index contributed by atoms with van der Waals surface area (Å²) < 4.78 is 10.3. The Morgan fingerprint density at radius 3 is 2.33 bits per heavy atom. The van der Waals surface area contributed by atoms with Crippen LogP contribution >= 0.6 is 0 Å². The van der Waals surface area contributed by atoms with Crippen LogP contribution < -0.4 is 20.3 Å². The van der Waals surface area contributed by atoms with Gasteiger partial charge in [0.1, 0.15) is 11.5 Å². The lowest BCUT2D eigenvalue weighted by Crippen LogP contribution is -2.43. The number of rotatable bonds is 6. The maximum Gasteiger partial charge on any atom is 0.276 e. The second-order valence-corrected chi connectivity index (χ2v) is 4.75. The van der Waals surface area contributed by atoms with E-state index in [1.165, 1.54) is 6.08 Å². The number of methoxy groups -OCH3 is 1. The molecule has 0 aliphatic heterocycles. The minimum Gasteiger partial charge on any atom is -0.497 e. The molecule has 2 N–H and O–H groups in total. The first-order valence-electron chi connectivity index (χ1n) is 7.26. The fourth-order valence-corrected chi connectivity index (χ4v) is 1.76. The molecular formula is C18H18N2O4. The van der Waals surface area contributed by atoms with Gasteiger partial charge in [0.05, 0.1) is 7.11 Å². The average molecular weight is 326 g/mol. The van der Waals surface area contributed by atoms with Gasteiger partial charge in [-0.05, 0) is 35.9 Å². The highest BCUT2D eigenvalue weighted by atomic mass is 16.5. The van der Waals surface area contributed by atoms with Gasteiger partial charge in [-0.2, -0.15) is 0 Å². The highest BCUT2D eigenvalue weighted by molar-refractivity contribution is 5.93. The van der Waals surface area contributed by atoms with Crippen LogP contribution in [0.1, 0.15) is 5.56 Å². The molecule has 2 aromatic rings. The lowest BCUT2D eigenvalue weighted by atomic mass is 10.2. The van der Waals surface area contributed by atoms with Gasteiger partial charge in [0.25, 0.3) is 11.8 Å². The van der Waals surface area contributed by atoms with Gasteiger partial charge in [-0.1, -0.05) is 30.3 Å². The third kappa shape index (κ3) is 5.84. The van der Waals surface area contributed by atoms with Crippen LogP contribution in [0.2, 0.25) is 0 Å². The van der Waals surface area contributed by atoms with Crippen molar-refractivity contribution in [3.05, 3.63) is 66.2 Å². The minimum atomic E-state index is -0.454. The molecule has 0 saturated heterocycles. The van der Waals surface area contributed by atoms with Crippen LogP contribution in [0.5, 0.6) is 11.5 Å². The van der Waals surface area contributed by atoms with Crippen LogP contribution in [0.3, 0.4) is 0 Å². The van der Waals surface area contributed by atoms with Crippen LogP contribution in [0.25, 0.3) is 6.08 Å². The number of carbonyl (C=O) groups excluding carboxylic acids is 2. The molecule has 0 spiro atoms. The first-order chi connectivity index (χ1) is 11.7. The van der Waals surface area contributed by atoms with Gasteiger partial charge in [-0.25, -0.2) is 0 Å². The van der Waals surface area contributed by atoms with E-state index in [9.17, 15) is 9.59 Å². The molecule has 0 heterocycles. The quantitative estimate of drug-likeness (QED) is 0.628. The van der Waals surface area contributed by atoms with Crippen molar-refractivity contribution in [2.45, 2.75) is 0 Å². The van der Waals surface area contributed by atoms with Gasteiger partial charge in [-0.15, -0.1) is 0 Å². The molecule has 0 atom stereocenters. The first kappa shape index (κ1) is 17.1. The fourth-order valence-electron chi connectivity index (χ4n) is 1.76. The number of hydrogen-bond donors (Lipinski definition) is 2. The number of amides is 2. The van der Waals surface area contributed by atoms with Crippen LogP contribution in [-0.4, -0.2) is 25.5 Å². The summed E-state index contributed by atoms with van der Waals surface area (Å²) in [7, 11) is 1.59. The molecule has 0 aromatic heterocycles. The van der Waals surface area contributed by atoms with Gasteiger partial charge in [-0.3, -0.25) is 20.4 Å². The van der Waals surface area contributed by atoms with Crippen LogP contribution in [0.15, 0.2) is 60.7 Å². The largest absolute Gasteiger partial charge is 0.497 e. The first-order valence-corrected chi connectivity index (χ1v) is 7.26. The van der Waals surface area contributed by atoms with Gasteiger partial charge in [0, 0.05) is 6.08 Å². The molecule has 0 aliphatic carbocycles. The Morgan fingerprint density at radius 1 is 0.958 bits per heavy atom. The van der Waals surface area contributed by atoms with E-state index in [2.05, 4.69) is 10.9 Å². The summed E-state index contributed by atoms with van der Waals surface area (Å²) in [4.78, 5) is 23.2. The smallest absolute Gasteiger partial charge is 0.276 e. The van der Waals surface area contributed by atoms with E-state index >= 15 is 0 Å². The van der Waals surface area contributed by atoms with Crippen molar-refractivity contribution in [2.24, 2.45) is 0 Å². The molecule has 124 valence electrons. The number of hydrazine groups is 1. The Morgan fingerprint density at radius 2 is 1.67 bits per heavy atom. The molecule has 0 unspecified atom stereocenters. The molecular weight excluding hydrogens is 308 g/mol. The van der Waals surface area contributed by atoms with E-state index in [0.29, 0.717) is 5.75 Å². The lowest BCUT2D eigenvalue weighted by Gasteiger charge is -2.07. The second kappa shape index (κ2) is 8.99. The second-order valence-electron chi connectivity index (χ2n) is 4.75. The molecule has 0 bridgehead atoms. The number of para-hydroxylation sites is 1. The Labute approximate surface area is 140 Å². The van der Waals surface area contributed by atoms with Crippen molar-refractivity contribution < 1.29 is 19.1 Å². The van der Waals surface area contributed by atoms with Crippen molar-refractivity contribution >= 4 is 17.9 Å². The van der Waals surface area contributed by atoms with E-state index in [-0.39, 0.29) is 6.61 Å². The lowest BCUT2D eigenvalue weighted by molar-refractivity contribution is -0.128. The Kier molecular flexibility index (Phi) is 6.40. The van der Waals surface area contributed by atoms with Gasteiger partial charge in [0.15, 0.2) is 6.61 Å². The van der Waals surface area contributed by atoms with E-state index in [1.807, 2.05) is 18.2 Å². The van der Waals surface area contributed by atoms with Crippen molar-refractivity contribution in [1.82, 2.24) is 10.9 Å². The van der Waals surface area contributed by atoms with Crippen LogP contribution in [0.4, 0.5) is 0 Å². The highest BCUT2D eigenvalue weighted by Crippen LogP contribution is 2.12. The standard InChI is InChI=1S/C18H18N2O4/c1-23-15-10-7-14(8-11-15)9-12-17(21)19-20-18(22)13-24-16-5-3-2-4-6-16/h2-12H,13H2,1H3,(H,19,21)(H,20,22)/b12-9+. The summed E-state index contributed by atoms with van der Waals surface area (Å²) in [6.07, 6.45) is 2.95. The van der Waals surface area contributed by atoms with Gasteiger partial charge in [0.2, 0.25) is 0 Å². The number of hydrogen-bond acceptors (Lipinski definition) is 4. The molecule has 2 amide bonds. The molecule has 24 heavy (non-hydrogen) atoms. The highest BCUT2D eigenvalue weighted by Gasteiger charge is 2.03. The predicted molar refractivity (Wildman–Crippen MR) is 90.3 cm³/mol. The molecule has 0 aliphatic rings. The molecule has 0 radical (unpaired) electrons. The maximum atomic E-state index is 11.6. The molecule has 0 fully saturated rings. The predicted octanol–water partition coefficient (Wildman–Crippen LogP) is 1.93. The normalized spacial score (nSPS) is 10.2. The summed E-state index contributed by atoms with van der Waals surface area (Å²) in [5, 5.41) is 0. The van der Waals surface area contributed by atoms with Crippen LogP contribution in [-0.2, 0) is 9.59 Å². The Balaban J connectivity index is 1.71. The number of nitrogens with one attached hydrogen (secondary N) is 2. The Hall–Kier alpha value is -3.28. The molecule has 6 nitrogen and oxygen atoms in total. The average Bonchev–Trinajstić information content (AvgIpc) is 2.64. The summed E-state index contributed by atoms with van der Waals surface area (Å²) in [6, 6.07) is 16.2. The van der Waals surface area contributed by atoms with E-state index in [1.54, 1.807) is 49.6 Å². The summed E-state index contributed by atoms with van der Waals surface area (Å²) in [5.74, 6) is 0.421. The monoisotopic (exact) mass is 326 g/mol. The number of carbonyl (C=O) groups is 2. The Bertz CT molecular complexity index is 697. The van der Waals surface area contributed by atoms with Crippen molar-refractivity contribution in [1.29, 1.82) is 0 Å². The van der Waals surface area contributed by atoms with Crippen LogP contribution in [0, 0.1) is 0 Å². The third-order valence-corrected chi connectivity index (χ3v) is 2.98. The summed E-state index contributed by atoms with van der Waals surface area (Å²) in [5.41, 5.74) is 5.39. The number of benzene rings is 2. The zero-order valence-electron chi connectivity index (χ0n) is 13.2.